The molecule has 0 radical (unpaired) electrons. The van der Waals surface area contributed by atoms with Gasteiger partial charge in [-0.15, -0.1) is 8.78 Å². The molecule has 0 amide bonds. The Hall–Kier alpha value is -1.43. The smallest absolute Gasteiger partial charge is 0.412 e. The van der Waals surface area contributed by atoms with Gasteiger partial charge in [-0.2, -0.15) is 0 Å². The Morgan fingerprint density at radius 2 is 2.00 bits per heavy atom. The largest absolute Gasteiger partial charge is 0.570 e. The van der Waals surface area contributed by atoms with Crippen molar-refractivity contribution in [3.63, 3.8) is 0 Å². The van der Waals surface area contributed by atoms with Crippen LogP contribution in [0.25, 0.3) is 0 Å². The lowest BCUT2D eigenvalue weighted by molar-refractivity contribution is -0.485. The molecule has 0 aromatic carbocycles. The maximum atomic E-state index is 12.8. The summed E-state index contributed by atoms with van der Waals surface area (Å²) in [6.07, 6.45) is -1.29. The SMILES string of the molecule is C=C/C=C(\C)OC(F)(F)OOC(C)=NC. The van der Waals surface area contributed by atoms with Crippen LogP contribution < -0.4 is 0 Å². The Labute approximate surface area is 86.8 Å². The molecule has 0 rings (SSSR count). The Morgan fingerprint density at radius 1 is 1.40 bits per heavy atom. The molecule has 15 heavy (non-hydrogen) atoms. The van der Waals surface area contributed by atoms with Crippen molar-refractivity contribution in [2.75, 3.05) is 7.05 Å². The van der Waals surface area contributed by atoms with Crippen LogP contribution in [0.4, 0.5) is 8.78 Å². The van der Waals surface area contributed by atoms with Gasteiger partial charge in [0.2, 0.25) is 5.90 Å². The lowest BCUT2D eigenvalue weighted by Gasteiger charge is -2.15. The molecule has 0 aromatic rings. The van der Waals surface area contributed by atoms with Crippen LogP contribution in [-0.2, 0) is 14.5 Å². The van der Waals surface area contributed by atoms with Gasteiger partial charge in [0.1, 0.15) is 5.76 Å². The van der Waals surface area contributed by atoms with Crippen LogP contribution in [0.5, 0.6) is 0 Å². The topological polar surface area (TPSA) is 40.0 Å². The first kappa shape index (κ1) is 13.6. The van der Waals surface area contributed by atoms with Crippen LogP contribution in [0.15, 0.2) is 29.5 Å². The molecule has 0 bridgehead atoms. The van der Waals surface area contributed by atoms with E-state index < -0.39 is 6.29 Å². The first-order valence-electron chi connectivity index (χ1n) is 4.06. The Kier molecular flexibility index (Phi) is 5.54. The first-order chi connectivity index (χ1) is 6.91. The molecule has 6 heteroatoms. The third kappa shape index (κ3) is 6.62. The van der Waals surface area contributed by atoms with Crippen molar-refractivity contribution in [2.24, 2.45) is 4.99 Å². The number of halogens is 2. The zero-order valence-electron chi connectivity index (χ0n) is 8.79. The van der Waals surface area contributed by atoms with Crippen LogP contribution in [0.2, 0.25) is 0 Å². The average Bonchev–Trinajstić information content (AvgIpc) is 2.13. The summed E-state index contributed by atoms with van der Waals surface area (Å²) in [4.78, 5) is 11.4. The van der Waals surface area contributed by atoms with Gasteiger partial charge in [-0.3, -0.25) is 4.99 Å². The highest BCUT2D eigenvalue weighted by atomic mass is 19.3. The molecule has 0 unspecified atom stereocenters. The second-order valence-electron chi connectivity index (χ2n) is 2.49. The van der Waals surface area contributed by atoms with Gasteiger partial charge in [0.15, 0.2) is 0 Å². The Balaban J connectivity index is 4.18. The number of rotatable bonds is 5. The summed E-state index contributed by atoms with van der Waals surface area (Å²) in [5.74, 6) is -0.0895. The lowest BCUT2D eigenvalue weighted by atomic mass is 10.5. The van der Waals surface area contributed by atoms with E-state index in [-0.39, 0.29) is 11.7 Å². The van der Waals surface area contributed by atoms with Crippen LogP contribution in [-0.4, -0.2) is 19.2 Å². The minimum atomic E-state index is -3.87. The zero-order chi connectivity index (χ0) is 11.9. The van der Waals surface area contributed by atoms with Gasteiger partial charge in [-0.1, -0.05) is 17.5 Å². The fourth-order valence-electron chi connectivity index (χ4n) is 0.550. The molecule has 4 nitrogen and oxygen atoms in total. The van der Waals surface area contributed by atoms with Gasteiger partial charge in [0.05, 0.1) is 0 Å². The van der Waals surface area contributed by atoms with Gasteiger partial charge in [0.25, 0.3) is 0 Å². The number of hydrogen-bond donors (Lipinski definition) is 0. The van der Waals surface area contributed by atoms with Crippen molar-refractivity contribution in [2.45, 2.75) is 20.1 Å². The summed E-state index contributed by atoms with van der Waals surface area (Å²) in [6, 6.07) is 0. The van der Waals surface area contributed by atoms with Crippen molar-refractivity contribution in [1.29, 1.82) is 0 Å². The molecule has 0 fully saturated rings. The molecule has 0 spiro atoms. The van der Waals surface area contributed by atoms with Crippen LogP contribution in [0, 0.1) is 0 Å². The van der Waals surface area contributed by atoms with Crippen molar-refractivity contribution in [3.8, 4) is 0 Å². The molecule has 0 aromatic heterocycles. The third-order valence-electron chi connectivity index (χ3n) is 1.21. The van der Waals surface area contributed by atoms with Crippen molar-refractivity contribution in [3.05, 3.63) is 24.5 Å². The summed E-state index contributed by atoms with van der Waals surface area (Å²) in [7, 11) is 1.38. The maximum absolute atomic E-state index is 12.8. The van der Waals surface area contributed by atoms with E-state index in [1.807, 2.05) is 0 Å². The van der Waals surface area contributed by atoms with E-state index in [9.17, 15) is 8.78 Å². The number of hydrogen-bond acceptors (Lipinski definition) is 4. The van der Waals surface area contributed by atoms with Gasteiger partial charge in [0, 0.05) is 14.0 Å². The number of aliphatic imine (C=N–C) groups is 1. The van der Waals surface area contributed by atoms with Gasteiger partial charge < -0.3 is 9.62 Å². The highest BCUT2D eigenvalue weighted by Crippen LogP contribution is 2.21. The van der Waals surface area contributed by atoms with E-state index >= 15 is 0 Å². The highest BCUT2D eigenvalue weighted by molar-refractivity contribution is 5.72. The predicted octanol–water partition coefficient (Wildman–Crippen LogP) is 2.64. The van der Waals surface area contributed by atoms with Gasteiger partial charge in [-0.05, 0) is 13.0 Å². The van der Waals surface area contributed by atoms with Crippen molar-refractivity contribution >= 4 is 5.90 Å². The van der Waals surface area contributed by atoms with Crippen molar-refractivity contribution < 1.29 is 23.3 Å². The van der Waals surface area contributed by atoms with E-state index in [4.69, 9.17) is 0 Å². The van der Waals surface area contributed by atoms with E-state index in [1.165, 1.54) is 33.0 Å². The molecule has 0 atom stereocenters. The summed E-state index contributed by atoms with van der Waals surface area (Å²) in [5.41, 5.74) is 0. The number of alkyl halides is 2. The molecule has 0 N–H and O–H groups in total. The lowest BCUT2D eigenvalue weighted by Crippen LogP contribution is -2.25. The van der Waals surface area contributed by atoms with Gasteiger partial charge in [-0.25, -0.2) is 0 Å². The van der Waals surface area contributed by atoms with Crippen LogP contribution >= 0.6 is 0 Å². The zero-order valence-corrected chi connectivity index (χ0v) is 8.79. The number of ether oxygens (including phenoxy) is 1. The second-order valence-corrected chi connectivity index (χ2v) is 2.49. The third-order valence-corrected chi connectivity index (χ3v) is 1.21. The molecule has 0 aliphatic carbocycles. The molecule has 86 valence electrons. The Morgan fingerprint density at radius 3 is 2.47 bits per heavy atom. The summed E-state index contributed by atoms with van der Waals surface area (Å²) in [6.45, 7) is 6.02. The normalized spacial score (nSPS) is 13.7. The summed E-state index contributed by atoms with van der Waals surface area (Å²) >= 11 is 0. The monoisotopic (exact) mass is 221 g/mol. The average molecular weight is 221 g/mol. The minimum Gasteiger partial charge on any atom is -0.412 e. The standard InChI is InChI=1S/C9H13F2NO3/c1-5-6-7(2)13-9(10,11)15-14-8(3)12-4/h5-6H,1H2,2-4H3/b7-6+,12-8?. The maximum Gasteiger partial charge on any atom is 0.570 e. The number of nitrogens with zero attached hydrogens (tertiary/aromatic N) is 1. The quantitative estimate of drug-likeness (QED) is 0.136. The van der Waals surface area contributed by atoms with Crippen LogP contribution in [0.1, 0.15) is 13.8 Å². The van der Waals surface area contributed by atoms with Crippen molar-refractivity contribution in [1.82, 2.24) is 0 Å². The molecule has 0 heterocycles. The fourth-order valence-corrected chi connectivity index (χ4v) is 0.550. The minimum absolute atomic E-state index is 0.0383. The fraction of sp³-hybridized carbons (Fsp3) is 0.444. The van der Waals surface area contributed by atoms with E-state index in [1.54, 1.807) is 0 Å². The first-order valence-corrected chi connectivity index (χ1v) is 4.06. The summed E-state index contributed by atoms with van der Waals surface area (Å²) in [5, 5.41) is 0. The molecular weight excluding hydrogens is 208 g/mol. The molecular formula is C9H13F2NO3. The van der Waals surface area contributed by atoms with Gasteiger partial charge >= 0.3 is 6.29 Å². The summed E-state index contributed by atoms with van der Waals surface area (Å²) < 4.78 is 29.7. The highest BCUT2D eigenvalue weighted by Gasteiger charge is 2.36. The second kappa shape index (κ2) is 6.13. The molecule has 0 aliphatic rings. The van der Waals surface area contributed by atoms with E-state index in [0.29, 0.717) is 0 Å². The molecule has 0 saturated carbocycles. The van der Waals surface area contributed by atoms with E-state index in [2.05, 4.69) is 26.1 Å². The van der Waals surface area contributed by atoms with E-state index in [0.717, 1.165) is 0 Å². The number of allylic oxidation sites excluding steroid dienone is 3. The molecule has 0 saturated heterocycles. The Bertz CT molecular complexity index is 275. The van der Waals surface area contributed by atoms with Crippen LogP contribution in [0.3, 0.4) is 0 Å². The molecule has 0 aliphatic heterocycles. The predicted molar refractivity (Wildman–Crippen MR) is 51.2 cm³/mol.